The van der Waals surface area contributed by atoms with Crippen LogP contribution in [-0.4, -0.2) is 22.3 Å². The van der Waals surface area contributed by atoms with Gasteiger partial charge in [-0.15, -0.1) is 0 Å². The van der Waals surface area contributed by atoms with Crippen molar-refractivity contribution in [3.8, 4) is 0 Å². The molecule has 0 saturated heterocycles. The van der Waals surface area contributed by atoms with E-state index >= 15 is 0 Å². The summed E-state index contributed by atoms with van der Waals surface area (Å²) >= 11 is 4.79. The molecule has 0 aromatic heterocycles. The average molecular weight is 253 g/mol. The van der Waals surface area contributed by atoms with Gasteiger partial charge in [0.05, 0.1) is 0 Å². The summed E-state index contributed by atoms with van der Waals surface area (Å²) in [5, 5.41) is 3.30. The number of carbonyl (C=O) groups is 1. The molecule has 70 valence electrons. The third-order valence-corrected chi connectivity index (χ3v) is 2.52. The first-order valence-electron chi connectivity index (χ1n) is 3.63. The van der Waals surface area contributed by atoms with Gasteiger partial charge in [-0.05, 0) is 12.7 Å². The number of rotatable bonds is 2. The second kappa shape index (κ2) is 6.48. The van der Waals surface area contributed by atoms with Gasteiger partial charge < -0.3 is 5.32 Å². The van der Waals surface area contributed by atoms with Crippen LogP contribution in [-0.2, 0) is 4.79 Å². The quantitative estimate of drug-likeness (QED) is 0.354. The first kappa shape index (κ1) is 12.0. The van der Waals surface area contributed by atoms with Crippen LogP contribution in [0.5, 0.6) is 0 Å². The summed E-state index contributed by atoms with van der Waals surface area (Å²) in [6, 6.07) is 0. The smallest absolute Gasteiger partial charge is 0.222 e. The second-order valence-electron chi connectivity index (χ2n) is 2.16. The van der Waals surface area contributed by atoms with Crippen molar-refractivity contribution >= 4 is 38.8 Å². The monoisotopic (exact) mass is 252 g/mol. The van der Waals surface area contributed by atoms with Crippen LogP contribution in [0, 0.1) is 0 Å². The van der Waals surface area contributed by atoms with Crippen molar-refractivity contribution in [1.29, 1.82) is 0 Å². The van der Waals surface area contributed by atoms with Crippen molar-refractivity contribution in [3.05, 3.63) is 0 Å². The topological polar surface area (TPSA) is 41.5 Å². The lowest BCUT2D eigenvalue weighted by Gasteiger charge is -2.05. The molecule has 3 nitrogen and oxygen atoms in total. The number of thioether (sulfide) groups is 1. The van der Waals surface area contributed by atoms with E-state index in [1.807, 2.05) is 13.2 Å². The van der Waals surface area contributed by atoms with Crippen LogP contribution in [0.25, 0.3) is 0 Å². The van der Waals surface area contributed by atoms with Crippen molar-refractivity contribution in [2.75, 3.05) is 6.26 Å². The van der Waals surface area contributed by atoms with Crippen LogP contribution in [0.15, 0.2) is 4.99 Å². The fraction of sp³-hybridized carbons (Fsp3) is 0.714. The van der Waals surface area contributed by atoms with Gasteiger partial charge in [-0.25, -0.2) is 4.99 Å². The lowest BCUT2D eigenvalue weighted by molar-refractivity contribution is -0.117. The zero-order chi connectivity index (χ0) is 9.56. The molecule has 1 atom stereocenters. The Bertz CT molecular complexity index is 184. The second-order valence-corrected chi connectivity index (χ2v) is 4.01. The molecule has 0 spiro atoms. The highest BCUT2D eigenvalue weighted by molar-refractivity contribution is 9.09. The first-order chi connectivity index (χ1) is 5.60. The third-order valence-electron chi connectivity index (χ3n) is 1.07. The number of hydrogen-bond acceptors (Lipinski definition) is 3. The van der Waals surface area contributed by atoms with E-state index in [1.54, 1.807) is 0 Å². The molecule has 12 heavy (non-hydrogen) atoms. The van der Waals surface area contributed by atoms with Gasteiger partial charge >= 0.3 is 0 Å². The highest BCUT2D eigenvalue weighted by Gasteiger charge is 2.02. The highest BCUT2D eigenvalue weighted by atomic mass is 79.9. The normalized spacial score (nSPS) is 14.2. The number of amides is 1. The SMILES string of the molecule is CCC(Br)/N=C(/NC(C)=O)SC. The van der Waals surface area contributed by atoms with Gasteiger partial charge in [0, 0.05) is 6.92 Å². The van der Waals surface area contributed by atoms with Gasteiger partial charge in [0.15, 0.2) is 5.17 Å². The number of amidine groups is 1. The van der Waals surface area contributed by atoms with Crippen molar-refractivity contribution in [1.82, 2.24) is 5.32 Å². The molecule has 1 unspecified atom stereocenters. The molecular formula is C7H13BrN2OS. The molecule has 0 aromatic carbocycles. The summed E-state index contributed by atoms with van der Waals surface area (Å²) in [6.07, 6.45) is 2.79. The number of nitrogens with zero attached hydrogens (tertiary/aromatic N) is 1. The van der Waals surface area contributed by atoms with Gasteiger partial charge in [-0.2, -0.15) is 0 Å². The average Bonchev–Trinajstić information content (AvgIpc) is 2.02. The predicted octanol–water partition coefficient (Wildman–Crippen LogP) is 1.97. The molecule has 0 saturated carbocycles. The van der Waals surface area contributed by atoms with Crippen molar-refractivity contribution < 1.29 is 4.79 Å². The van der Waals surface area contributed by atoms with E-state index in [4.69, 9.17) is 0 Å². The lowest BCUT2D eigenvalue weighted by Crippen LogP contribution is -2.26. The summed E-state index contributed by atoms with van der Waals surface area (Å²) < 4.78 is 0. The summed E-state index contributed by atoms with van der Waals surface area (Å²) in [6.45, 7) is 3.50. The first-order valence-corrected chi connectivity index (χ1v) is 5.77. The van der Waals surface area contributed by atoms with E-state index in [1.165, 1.54) is 18.7 Å². The minimum absolute atomic E-state index is 0.0843. The van der Waals surface area contributed by atoms with E-state index in [9.17, 15) is 4.79 Å². The van der Waals surface area contributed by atoms with E-state index in [0.717, 1.165) is 6.42 Å². The molecule has 0 rings (SSSR count). The van der Waals surface area contributed by atoms with E-state index in [0.29, 0.717) is 5.17 Å². The number of aliphatic imine (C=N–C) groups is 1. The molecule has 0 bridgehead atoms. The van der Waals surface area contributed by atoms with Crippen LogP contribution in [0.3, 0.4) is 0 Å². The van der Waals surface area contributed by atoms with Crippen LogP contribution < -0.4 is 5.32 Å². The molecule has 0 aromatic rings. The molecule has 0 aliphatic rings. The number of nitrogens with one attached hydrogen (secondary N) is 1. The van der Waals surface area contributed by atoms with E-state index < -0.39 is 0 Å². The Labute approximate surface area is 85.5 Å². The predicted molar refractivity (Wildman–Crippen MR) is 57.8 cm³/mol. The molecule has 0 fully saturated rings. The summed E-state index contributed by atoms with van der Waals surface area (Å²) in [5.41, 5.74) is 0. The van der Waals surface area contributed by atoms with Crippen LogP contribution >= 0.6 is 27.7 Å². The number of alkyl halides is 1. The molecule has 0 aliphatic carbocycles. The molecule has 5 heteroatoms. The highest BCUT2D eigenvalue weighted by Crippen LogP contribution is 2.08. The molecule has 1 amide bonds. The Hall–Kier alpha value is -0.0300. The van der Waals surface area contributed by atoms with Crippen molar-refractivity contribution in [2.45, 2.75) is 25.2 Å². The Morgan fingerprint density at radius 3 is 2.67 bits per heavy atom. The molecule has 0 radical (unpaired) electrons. The maximum absolute atomic E-state index is 10.7. The number of halogens is 1. The van der Waals surface area contributed by atoms with Crippen LogP contribution in [0.2, 0.25) is 0 Å². The van der Waals surface area contributed by atoms with Gasteiger partial charge in [-0.1, -0.05) is 34.6 Å². The van der Waals surface area contributed by atoms with E-state index in [2.05, 4.69) is 26.2 Å². The molecule has 1 N–H and O–H groups in total. The van der Waals surface area contributed by atoms with Crippen molar-refractivity contribution in [2.24, 2.45) is 4.99 Å². The maximum atomic E-state index is 10.7. The number of carbonyl (C=O) groups excluding carboxylic acids is 1. The third kappa shape index (κ3) is 5.60. The number of hydrogen-bond donors (Lipinski definition) is 1. The lowest BCUT2D eigenvalue weighted by atomic mass is 10.5. The van der Waals surface area contributed by atoms with Gasteiger partial charge in [-0.3, -0.25) is 4.79 Å². The molecule has 0 aliphatic heterocycles. The fourth-order valence-corrected chi connectivity index (χ4v) is 1.32. The fourth-order valence-electron chi connectivity index (χ4n) is 0.505. The maximum Gasteiger partial charge on any atom is 0.222 e. The van der Waals surface area contributed by atoms with Crippen LogP contribution in [0.1, 0.15) is 20.3 Å². The van der Waals surface area contributed by atoms with E-state index in [-0.39, 0.29) is 10.9 Å². The minimum atomic E-state index is -0.0843. The zero-order valence-corrected chi connectivity index (χ0v) is 9.83. The molecular weight excluding hydrogens is 240 g/mol. The van der Waals surface area contributed by atoms with Gasteiger partial charge in [0.1, 0.15) is 4.95 Å². The summed E-state index contributed by atoms with van der Waals surface area (Å²) in [5.74, 6) is -0.0843. The Balaban J connectivity index is 4.12. The largest absolute Gasteiger partial charge is 0.306 e. The minimum Gasteiger partial charge on any atom is -0.306 e. The zero-order valence-electron chi connectivity index (χ0n) is 7.43. The Kier molecular flexibility index (Phi) is 6.47. The standard InChI is InChI=1S/C7H13BrN2OS/c1-4-6(8)10-7(12-3)9-5(2)11/h6H,4H2,1-3H3,(H,9,10,11). The van der Waals surface area contributed by atoms with Crippen molar-refractivity contribution in [3.63, 3.8) is 0 Å². The van der Waals surface area contributed by atoms with Gasteiger partial charge in [0.25, 0.3) is 0 Å². The summed E-state index contributed by atoms with van der Waals surface area (Å²) in [7, 11) is 0. The van der Waals surface area contributed by atoms with Crippen LogP contribution in [0.4, 0.5) is 0 Å². The Morgan fingerprint density at radius 2 is 2.33 bits per heavy atom. The summed E-state index contributed by atoms with van der Waals surface area (Å²) in [4.78, 5) is 15.0. The Morgan fingerprint density at radius 1 is 1.75 bits per heavy atom. The van der Waals surface area contributed by atoms with Gasteiger partial charge in [0.2, 0.25) is 5.91 Å². The molecule has 0 heterocycles.